The van der Waals surface area contributed by atoms with Gasteiger partial charge in [-0.05, 0) is 29.3 Å². The van der Waals surface area contributed by atoms with E-state index in [0.29, 0.717) is 11.1 Å². The minimum absolute atomic E-state index is 0.346. The number of fused-ring (bicyclic) bond motifs is 1. The van der Waals surface area contributed by atoms with Gasteiger partial charge in [0.15, 0.2) is 0 Å². The number of hydrogen-bond donors (Lipinski definition) is 0. The first-order valence-corrected chi connectivity index (χ1v) is 6.40. The topological polar surface area (TPSA) is 56.5 Å². The summed E-state index contributed by atoms with van der Waals surface area (Å²) < 4.78 is 9.87. The molecule has 1 heterocycles. The van der Waals surface area contributed by atoms with Crippen LogP contribution in [0.4, 0.5) is 0 Å². The van der Waals surface area contributed by atoms with Crippen LogP contribution in [0.15, 0.2) is 63.8 Å². The second-order valence-corrected chi connectivity index (χ2v) is 4.55. The highest BCUT2D eigenvalue weighted by Crippen LogP contribution is 2.27. The second kappa shape index (κ2) is 5.25. The Labute approximate surface area is 120 Å². The molecule has 0 N–H and O–H groups in total. The molecule has 0 aliphatic carbocycles. The lowest BCUT2D eigenvalue weighted by atomic mass is 10.0. The Balaban J connectivity index is 2.27. The van der Waals surface area contributed by atoms with E-state index in [1.54, 1.807) is 12.1 Å². The highest BCUT2D eigenvalue weighted by molar-refractivity contribution is 5.98. The molecule has 0 fully saturated rings. The van der Waals surface area contributed by atoms with Gasteiger partial charge in [0.2, 0.25) is 0 Å². The number of carbonyl (C=O) groups is 1. The molecule has 4 heteroatoms. The quantitative estimate of drug-likeness (QED) is 0.534. The molecule has 4 nitrogen and oxygen atoms in total. The minimum atomic E-state index is -0.468. The molecule has 0 unspecified atom stereocenters. The molecule has 21 heavy (non-hydrogen) atoms. The molecule has 0 aliphatic heterocycles. The number of methoxy groups -OCH3 is 1. The molecule has 2 aromatic carbocycles. The molecule has 0 amide bonds. The summed E-state index contributed by atoms with van der Waals surface area (Å²) in [6.45, 7) is 0. The van der Waals surface area contributed by atoms with Crippen LogP contribution >= 0.6 is 0 Å². The molecule has 3 rings (SSSR count). The highest BCUT2D eigenvalue weighted by Gasteiger charge is 2.11. The Morgan fingerprint density at radius 2 is 1.81 bits per heavy atom. The van der Waals surface area contributed by atoms with Gasteiger partial charge in [-0.15, -0.1) is 0 Å². The number of rotatable bonds is 2. The molecule has 0 atom stereocenters. The van der Waals surface area contributed by atoms with Crippen LogP contribution in [0.1, 0.15) is 10.4 Å². The van der Waals surface area contributed by atoms with Crippen LogP contribution in [-0.2, 0) is 4.74 Å². The van der Waals surface area contributed by atoms with Crippen molar-refractivity contribution in [1.82, 2.24) is 0 Å². The summed E-state index contributed by atoms with van der Waals surface area (Å²) in [5, 5.41) is 0.772. The first kappa shape index (κ1) is 13.1. The van der Waals surface area contributed by atoms with E-state index >= 15 is 0 Å². The number of carbonyl (C=O) groups excluding carboxylic acids is 1. The molecule has 0 bridgehead atoms. The van der Waals surface area contributed by atoms with Crippen LogP contribution in [0.25, 0.3) is 22.1 Å². The second-order valence-electron chi connectivity index (χ2n) is 4.55. The van der Waals surface area contributed by atoms with Gasteiger partial charge in [0.1, 0.15) is 5.58 Å². The van der Waals surface area contributed by atoms with Gasteiger partial charge in [0, 0.05) is 11.5 Å². The van der Waals surface area contributed by atoms with E-state index in [-0.39, 0.29) is 0 Å². The number of esters is 1. The molecule has 1 aromatic heterocycles. The van der Waals surface area contributed by atoms with Crippen LogP contribution in [0.2, 0.25) is 0 Å². The summed E-state index contributed by atoms with van der Waals surface area (Å²) in [5.41, 5.74) is 1.95. The minimum Gasteiger partial charge on any atom is -0.465 e. The molecule has 0 spiro atoms. The van der Waals surface area contributed by atoms with Crippen molar-refractivity contribution in [2.24, 2.45) is 0 Å². The third-order valence-corrected chi connectivity index (χ3v) is 3.25. The van der Waals surface area contributed by atoms with Gasteiger partial charge in [0.05, 0.1) is 12.7 Å². The summed E-state index contributed by atoms with van der Waals surface area (Å²) in [5.74, 6) is -0.468. The Kier molecular flexibility index (Phi) is 3.28. The Morgan fingerprint density at radius 3 is 2.52 bits per heavy atom. The molecule has 0 saturated carbocycles. The van der Waals surface area contributed by atoms with Gasteiger partial charge in [0.25, 0.3) is 0 Å². The molecular weight excluding hydrogens is 268 g/mol. The van der Waals surface area contributed by atoms with E-state index in [9.17, 15) is 9.59 Å². The van der Waals surface area contributed by atoms with Crippen molar-refractivity contribution in [3.05, 3.63) is 70.6 Å². The van der Waals surface area contributed by atoms with Gasteiger partial charge in [-0.2, -0.15) is 0 Å². The van der Waals surface area contributed by atoms with Crippen LogP contribution < -0.4 is 5.63 Å². The van der Waals surface area contributed by atoms with Crippen molar-refractivity contribution in [3.8, 4) is 11.1 Å². The maximum absolute atomic E-state index is 11.7. The number of benzene rings is 2. The van der Waals surface area contributed by atoms with E-state index in [4.69, 9.17) is 4.42 Å². The normalized spacial score (nSPS) is 10.5. The SMILES string of the molecule is COC(=O)c1ccc2c(-c3ccccc3)cc(=O)oc2c1. The summed E-state index contributed by atoms with van der Waals surface area (Å²) in [7, 11) is 1.31. The first-order valence-electron chi connectivity index (χ1n) is 6.40. The van der Waals surface area contributed by atoms with Crippen molar-refractivity contribution in [1.29, 1.82) is 0 Å². The lowest BCUT2D eigenvalue weighted by Gasteiger charge is -2.06. The first-order chi connectivity index (χ1) is 10.2. The lowest BCUT2D eigenvalue weighted by molar-refractivity contribution is 0.0600. The summed E-state index contributed by atoms with van der Waals surface area (Å²) in [6, 6.07) is 15.9. The van der Waals surface area contributed by atoms with Crippen molar-refractivity contribution in [3.63, 3.8) is 0 Å². The summed E-state index contributed by atoms with van der Waals surface area (Å²) in [4.78, 5) is 23.3. The average molecular weight is 280 g/mol. The fourth-order valence-corrected chi connectivity index (χ4v) is 2.26. The summed E-state index contributed by atoms with van der Waals surface area (Å²) in [6.07, 6.45) is 0. The van der Waals surface area contributed by atoms with E-state index in [2.05, 4.69) is 4.74 Å². The molecular formula is C17H12O4. The van der Waals surface area contributed by atoms with Gasteiger partial charge in [-0.3, -0.25) is 0 Å². The Hall–Kier alpha value is -2.88. The van der Waals surface area contributed by atoms with Crippen molar-refractivity contribution in [2.45, 2.75) is 0 Å². The molecule has 0 radical (unpaired) electrons. The third kappa shape index (κ3) is 2.43. The zero-order chi connectivity index (χ0) is 14.8. The van der Waals surface area contributed by atoms with E-state index in [1.807, 2.05) is 30.3 Å². The van der Waals surface area contributed by atoms with Crippen molar-refractivity contribution >= 4 is 16.9 Å². The zero-order valence-electron chi connectivity index (χ0n) is 11.3. The zero-order valence-corrected chi connectivity index (χ0v) is 11.3. The van der Waals surface area contributed by atoms with Gasteiger partial charge in [-0.1, -0.05) is 30.3 Å². The molecule has 104 valence electrons. The average Bonchev–Trinajstić information content (AvgIpc) is 2.53. The number of ether oxygens (including phenoxy) is 1. The monoisotopic (exact) mass is 280 g/mol. The molecule has 0 saturated heterocycles. The molecule has 3 aromatic rings. The van der Waals surface area contributed by atoms with Gasteiger partial charge in [-0.25, -0.2) is 9.59 Å². The van der Waals surface area contributed by atoms with Crippen LogP contribution in [0, 0.1) is 0 Å². The van der Waals surface area contributed by atoms with Crippen LogP contribution in [0.5, 0.6) is 0 Å². The highest BCUT2D eigenvalue weighted by atomic mass is 16.5. The van der Waals surface area contributed by atoms with E-state index in [0.717, 1.165) is 16.5 Å². The predicted octanol–water partition coefficient (Wildman–Crippen LogP) is 3.25. The Morgan fingerprint density at radius 1 is 1.05 bits per heavy atom. The maximum atomic E-state index is 11.7. The van der Waals surface area contributed by atoms with Crippen molar-refractivity contribution < 1.29 is 13.9 Å². The van der Waals surface area contributed by atoms with E-state index < -0.39 is 11.6 Å². The molecule has 0 aliphatic rings. The number of hydrogen-bond acceptors (Lipinski definition) is 4. The van der Waals surface area contributed by atoms with Gasteiger partial charge >= 0.3 is 11.6 Å². The smallest absolute Gasteiger partial charge is 0.337 e. The standard InChI is InChI=1S/C17H12O4/c1-20-17(19)12-7-8-13-14(11-5-3-2-4-6-11)10-16(18)21-15(13)9-12/h2-10H,1H3. The van der Waals surface area contributed by atoms with Crippen LogP contribution in [0.3, 0.4) is 0 Å². The predicted molar refractivity (Wildman–Crippen MR) is 79.3 cm³/mol. The third-order valence-electron chi connectivity index (χ3n) is 3.25. The maximum Gasteiger partial charge on any atom is 0.337 e. The fraction of sp³-hybridized carbons (Fsp3) is 0.0588. The largest absolute Gasteiger partial charge is 0.465 e. The Bertz CT molecular complexity index is 863. The fourth-order valence-electron chi connectivity index (χ4n) is 2.26. The van der Waals surface area contributed by atoms with Crippen molar-refractivity contribution in [2.75, 3.05) is 7.11 Å². The van der Waals surface area contributed by atoms with Gasteiger partial charge < -0.3 is 9.15 Å². The van der Waals surface area contributed by atoms with Crippen LogP contribution in [-0.4, -0.2) is 13.1 Å². The lowest BCUT2D eigenvalue weighted by Crippen LogP contribution is -2.03. The summed E-state index contributed by atoms with van der Waals surface area (Å²) >= 11 is 0. The van der Waals surface area contributed by atoms with E-state index in [1.165, 1.54) is 19.2 Å².